The summed E-state index contributed by atoms with van der Waals surface area (Å²) in [7, 11) is 0. The molecule has 1 amide bonds. The van der Waals surface area contributed by atoms with Crippen LogP contribution >= 0.6 is 11.6 Å². The molecule has 5 rings (SSSR count). The van der Waals surface area contributed by atoms with Gasteiger partial charge in [-0.25, -0.2) is 24.5 Å². The molecule has 0 fully saturated rings. The van der Waals surface area contributed by atoms with E-state index in [1.807, 2.05) is 22.8 Å². The molecular formula is C27H23ClN6O4. The number of aromatic carboxylic acids is 1. The van der Waals surface area contributed by atoms with Crippen molar-refractivity contribution in [2.75, 3.05) is 5.32 Å². The number of carboxylic acid groups (broad SMARTS) is 1. The summed E-state index contributed by atoms with van der Waals surface area (Å²) >= 11 is 6.39. The van der Waals surface area contributed by atoms with Crippen LogP contribution < -0.4 is 5.32 Å². The van der Waals surface area contributed by atoms with Crippen LogP contribution in [-0.4, -0.2) is 47.3 Å². The number of ether oxygens (including phenoxy) is 1. The summed E-state index contributed by atoms with van der Waals surface area (Å²) in [6.45, 7) is 7.04. The van der Waals surface area contributed by atoms with Crippen molar-refractivity contribution in [3.8, 4) is 16.9 Å². The van der Waals surface area contributed by atoms with Gasteiger partial charge in [-0.15, -0.1) is 0 Å². The molecule has 2 aromatic carbocycles. The zero-order valence-electron chi connectivity index (χ0n) is 21.0. The molecule has 11 heteroatoms. The third-order valence-electron chi connectivity index (χ3n) is 5.66. The van der Waals surface area contributed by atoms with Gasteiger partial charge in [0.1, 0.15) is 16.9 Å². The minimum atomic E-state index is -1.13. The Hall–Kier alpha value is -4.57. The number of rotatable bonds is 4. The first-order chi connectivity index (χ1) is 18.0. The van der Waals surface area contributed by atoms with Crippen LogP contribution in [0.1, 0.15) is 37.0 Å². The molecule has 5 aromatic rings. The quantitative estimate of drug-likeness (QED) is 0.287. The molecule has 0 aliphatic heterocycles. The van der Waals surface area contributed by atoms with E-state index in [1.54, 1.807) is 52.1 Å². The summed E-state index contributed by atoms with van der Waals surface area (Å²) in [5, 5.41) is 13.8. The minimum Gasteiger partial charge on any atom is -0.478 e. The van der Waals surface area contributed by atoms with Crippen LogP contribution in [-0.2, 0) is 4.74 Å². The van der Waals surface area contributed by atoms with E-state index >= 15 is 0 Å². The van der Waals surface area contributed by atoms with Gasteiger partial charge >= 0.3 is 12.1 Å². The average Bonchev–Trinajstić information content (AvgIpc) is 3.17. The number of amides is 1. The summed E-state index contributed by atoms with van der Waals surface area (Å²) in [5.74, 6) is -0.527. The van der Waals surface area contributed by atoms with E-state index in [1.165, 1.54) is 12.3 Å². The van der Waals surface area contributed by atoms with Gasteiger partial charge in [-0.2, -0.15) is 0 Å². The number of hydrogen-bond acceptors (Lipinski definition) is 7. The monoisotopic (exact) mass is 530 g/mol. The second kappa shape index (κ2) is 9.38. The number of para-hydroxylation sites is 1. The van der Waals surface area contributed by atoms with Gasteiger partial charge in [0.05, 0.1) is 33.0 Å². The summed E-state index contributed by atoms with van der Waals surface area (Å²) in [4.78, 5) is 42.0. The number of imidazole rings is 1. The minimum absolute atomic E-state index is 0.0102. The lowest BCUT2D eigenvalue weighted by atomic mass is 10.1. The fraction of sp³-hybridized carbons (Fsp3) is 0.185. The first-order valence-electron chi connectivity index (χ1n) is 11.7. The van der Waals surface area contributed by atoms with Crippen molar-refractivity contribution in [3.63, 3.8) is 0 Å². The molecule has 3 aromatic heterocycles. The van der Waals surface area contributed by atoms with Crippen LogP contribution in [0, 0.1) is 6.92 Å². The molecule has 192 valence electrons. The van der Waals surface area contributed by atoms with Crippen LogP contribution in [0.4, 0.5) is 10.7 Å². The van der Waals surface area contributed by atoms with E-state index < -0.39 is 17.7 Å². The zero-order chi connectivity index (χ0) is 27.2. The molecule has 0 aliphatic rings. The molecular weight excluding hydrogens is 508 g/mol. The highest BCUT2D eigenvalue weighted by Gasteiger charge is 2.21. The molecule has 2 N–H and O–H groups in total. The van der Waals surface area contributed by atoms with E-state index in [-0.39, 0.29) is 11.5 Å². The molecule has 0 atom stereocenters. The molecule has 0 saturated heterocycles. The van der Waals surface area contributed by atoms with Gasteiger partial charge in [-0.1, -0.05) is 23.7 Å². The van der Waals surface area contributed by atoms with Gasteiger partial charge in [0, 0.05) is 23.3 Å². The highest BCUT2D eigenvalue weighted by atomic mass is 35.5. The van der Waals surface area contributed by atoms with Gasteiger partial charge in [0.25, 0.3) is 0 Å². The fourth-order valence-corrected chi connectivity index (χ4v) is 4.43. The number of carbonyl (C=O) groups excluding carboxylic acids is 1. The number of aryl methyl sites for hydroxylation is 1. The molecule has 10 nitrogen and oxygen atoms in total. The van der Waals surface area contributed by atoms with Crippen LogP contribution in [0.2, 0.25) is 5.02 Å². The number of nitrogens with zero attached hydrogens (tertiary/aromatic N) is 5. The van der Waals surface area contributed by atoms with E-state index in [0.717, 1.165) is 11.1 Å². The maximum atomic E-state index is 12.3. The average molecular weight is 531 g/mol. The Morgan fingerprint density at radius 3 is 2.53 bits per heavy atom. The Morgan fingerprint density at radius 2 is 1.79 bits per heavy atom. The fourth-order valence-electron chi connectivity index (χ4n) is 4.20. The van der Waals surface area contributed by atoms with Gasteiger partial charge in [-0.05, 0) is 58.0 Å². The van der Waals surface area contributed by atoms with E-state index in [9.17, 15) is 14.7 Å². The Morgan fingerprint density at radius 1 is 1.03 bits per heavy atom. The first kappa shape index (κ1) is 25.1. The second-order valence-electron chi connectivity index (χ2n) is 9.55. The Kier molecular flexibility index (Phi) is 6.20. The number of benzene rings is 2. The lowest BCUT2D eigenvalue weighted by molar-refractivity contribution is 0.0633. The van der Waals surface area contributed by atoms with E-state index in [4.69, 9.17) is 16.3 Å². The van der Waals surface area contributed by atoms with Gasteiger partial charge in [0.2, 0.25) is 5.95 Å². The third-order valence-corrected chi connectivity index (χ3v) is 5.97. The maximum Gasteiger partial charge on any atom is 0.414 e. The predicted molar refractivity (Wildman–Crippen MR) is 144 cm³/mol. The predicted octanol–water partition coefficient (Wildman–Crippen LogP) is 6.04. The number of pyridine rings is 1. The van der Waals surface area contributed by atoms with Crippen LogP contribution in [0.25, 0.3) is 38.9 Å². The zero-order valence-corrected chi connectivity index (χ0v) is 21.7. The lowest BCUT2D eigenvalue weighted by Gasteiger charge is -2.19. The maximum absolute atomic E-state index is 12.3. The molecule has 0 aliphatic carbocycles. The number of aromatic nitrogens is 5. The summed E-state index contributed by atoms with van der Waals surface area (Å²) in [6.07, 6.45) is 2.42. The van der Waals surface area contributed by atoms with Gasteiger partial charge < -0.3 is 9.84 Å². The van der Waals surface area contributed by atoms with Crippen LogP contribution in [0.3, 0.4) is 0 Å². The van der Waals surface area contributed by atoms with Crippen LogP contribution in [0.5, 0.6) is 0 Å². The molecule has 0 saturated carbocycles. The van der Waals surface area contributed by atoms with Gasteiger partial charge in [-0.3, -0.25) is 14.9 Å². The molecule has 0 bridgehead atoms. The van der Waals surface area contributed by atoms with E-state index in [2.05, 4.69) is 25.3 Å². The van der Waals surface area contributed by atoms with Gasteiger partial charge in [0.15, 0.2) is 0 Å². The van der Waals surface area contributed by atoms with Crippen molar-refractivity contribution in [2.45, 2.75) is 33.3 Å². The molecule has 0 unspecified atom stereocenters. The highest BCUT2D eigenvalue weighted by Crippen LogP contribution is 2.33. The molecule has 38 heavy (non-hydrogen) atoms. The van der Waals surface area contributed by atoms with Crippen molar-refractivity contribution < 1.29 is 19.4 Å². The molecule has 0 radical (unpaired) electrons. The normalized spacial score (nSPS) is 11.6. The second-order valence-corrected chi connectivity index (χ2v) is 9.96. The van der Waals surface area contributed by atoms with Crippen molar-refractivity contribution in [1.29, 1.82) is 0 Å². The summed E-state index contributed by atoms with van der Waals surface area (Å²) < 4.78 is 7.14. The molecule has 0 spiro atoms. The third kappa shape index (κ3) is 4.73. The number of carbonyl (C=O) groups is 2. The first-order valence-corrected chi connectivity index (χ1v) is 12.0. The van der Waals surface area contributed by atoms with Crippen molar-refractivity contribution in [1.82, 2.24) is 24.5 Å². The number of fused-ring (bicyclic) bond motifs is 2. The van der Waals surface area contributed by atoms with Crippen molar-refractivity contribution in [2.24, 2.45) is 0 Å². The van der Waals surface area contributed by atoms with Crippen LogP contribution in [0.15, 0.2) is 54.9 Å². The largest absolute Gasteiger partial charge is 0.478 e. The smallest absolute Gasteiger partial charge is 0.414 e. The molecule has 3 heterocycles. The topological polar surface area (TPSA) is 132 Å². The standard InChI is InChI=1S/C27H23ClN6O4/c1-14-31-23-17(24(35)36)12-15(19-8-10-30-25(32-19)33-26(37)38-27(2,3)4)13-21(23)34(14)20-9-11-29-22-16(20)6-5-7-18(22)28/h5-13H,1-4H3,(H,35,36)(H,30,32,33,37). The Balaban J connectivity index is 1.68. The number of hydrogen-bond donors (Lipinski definition) is 2. The Bertz CT molecular complexity index is 1740. The SMILES string of the molecule is Cc1nc2c(C(=O)O)cc(-c3ccnc(NC(=O)OC(C)(C)C)n3)cc2n1-c1ccnc2c(Cl)cccc12. The van der Waals surface area contributed by atoms with Crippen molar-refractivity contribution in [3.05, 3.63) is 71.3 Å². The lowest BCUT2D eigenvalue weighted by Crippen LogP contribution is -2.27. The number of nitrogens with one attached hydrogen (secondary N) is 1. The number of anilines is 1. The summed E-state index contributed by atoms with van der Waals surface area (Å²) in [5.41, 5.74) is 2.48. The van der Waals surface area contributed by atoms with Crippen molar-refractivity contribution >= 4 is 51.5 Å². The summed E-state index contributed by atoms with van der Waals surface area (Å²) in [6, 6.07) is 12.3. The Labute approximate surface area is 222 Å². The number of halogens is 1. The van der Waals surface area contributed by atoms with E-state index in [0.29, 0.717) is 38.7 Å². The highest BCUT2D eigenvalue weighted by molar-refractivity contribution is 6.35. The number of carboxylic acids is 1.